The molecular weight excluding hydrogens is 342 g/mol. The minimum Gasteiger partial charge on any atom is -0.492 e. The fourth-order valence-electron chi connectivity index (χ4n) is 3.66. The average Bonchev–Trinajstić information content (AvgIpc) is 3.18. The number of carbonyl (C=O) groups is 1. The maximum absolute atomic E-state index is 12.4. The van der Waals surface area contributed by atoms with Crippen molar-refractivity contribution in [2.75, 3.05) is 46.4 Å². The van der Waals surface area contributed by atoms with Gasteiger partial charge in [0.25, 0.3) is 0 Å². The third-order valence-corrected chi connectivity index (χ3v) is 5.46. The number of carbonyl (C=O) groups excluding carboxylic acids is 1. The number of ether oxygens (including phenoxy) is 2. The Bertz CT molecular complexity index is 579. The molecule has 1 atom stereocenters. The Kier molecular flexibility index (Phi) is 7.35. The van der Waals surface area contributed by atoms with Crippen LogP contribution < -0.4 is 10.1 Å². The minimum absolute atomic E-state index is 0.0138. The first-order valence-corrected chi connectivity index (χ1v) is 10.2. The number of nitrogens with zero attached hydrogens (tertiary/aromatic N) is 2. The smallest absolute Gasteiger partial charge is 0.317 e. The molecule has 2 saturated heterocycles. The van der Waals surface area contributed by atoms with Gasteiger partial charge in [-0.3, -0.25) is 0 Å². The summed E-state index contributed by atoms with van der Waals surface area (Å²) in [5, 5.41) is 3.16. The number of nitrogens with one attached hydrogen (secondary N) is 1. The van der Waals surface area contributed by atoms with Gasteiger partial charge >= 0.3 is 6.03 Å². The van der Waals surface area contributed by atoms with Gasteiger partial charge in [0.15, 0.2) is 0 Å². The van der Waals surface area contributed by atoms with E-state index in [1.807, 2.05) is 31.3 Å². The molecule has 1 unspecified atom stereocenters. The quantitative estimate of drug-likeness (QED) is 0.796. The van der Waals surface area contributed by atoms with Gasteiger partial charge in [0.05, 0.1) is 12.6 Å². The van der Waals surface area contributed by atoms with Crippen molar-refractivity contribution in [3.63, 3.8) is 0 Å². The van der Waals surface area contributed by atoms with Gasteiger partial charge in [-0.1, -0.05) is 17.7 Å². The molecule has 1 aromatic rings. The first-order valence-electron chi connectivity index (χ1n) is 10.2. The summed E-state index contributed by atoms with van der Waals surface area (Å²) < 4.78 is 11.4. The monoisotopic (exact) mass is 375 g/mol. The molecule has 2 heterocycles. The number of urea groups is 1. The van der Waals surface area contributed by atoms with Gasteiger partial charge in [-0.05, 0) is 44.7 Å². The van der Waals surface area contributed by atoms with Crippen LogP contribution in [-0.4, -0.2) is 74.4 Å². The van der Waals surface area contributed by atoms with Crippen LogP contribution in [0.3, 0.4) is 0 Å². The summed E-state index contributed by atoms with van der Waals surface area (Å²) in [6.45, 7) is 7.13. The van der Waals surface area contributed by atoms with Crippen LogP contribution in [-0.2, 0) is 4.74 Å². The molecule has 0 bridgehead atoms. The number of hydrogen-bond acceptors (Lipinski definition) is 4. The second kappa shape index (κ2) is 9.95. The lowest BCUT2D eigenvalue weighted by Crippen LogP contribution is -2.49. The maximum Gasteiger partial charge on any atom is 0.317 e. The lowest BCUT2D eigenvalue weighted by molar-refractivity contribution is 0.0628. The molecule has 6 heteroatoms. The van der Waals surface area contributed by atoms with Crippen LogP contribution in [0.25, 0.3) is 0 Å². The van der Waals surface area contributed by atoms with E-state index in [-0.39, 0.29) is 12.1 Å². The van der Waals surface area contributed by atoms with E-state index < -0.39 is 0 Å². The molecule has 0 saturated carbocycles. The third-order valence-electron chi connectivity index (χ3n) is 5.46. The van der Waals surface area contributed by atoms with Crippen molar-refractivity contribution in [1.82, 2.24) is 15.1 Å². The predicted octanol–water partition coefficient (Wildman–Crippen LogP) is 2.66. The van der Waals surface area contributed by atoms with Crippen LogP contribution in [0.15, 0.2) is 24.3 Å². The van der Waals surface area contributed by atoms with E-state index in [4.69, 9.17) is 9.47 Å². The zero-order valence-corrected chi connectivity index (χ0v) is 16.7. The highest BCUT2D eigenvalue weighted by Crippen LogP contribution is 2.17. The third kappa shape index (κ3) is 6.40. The molecule has 1 N–H and O–H groups in total. The molecule has 0 aliphatic carbocycles. The van der Waals surface area contributed by atoms with E-state index in [0.717, 1.165) is 44.8 Å². The van der Waals surface area contributed by atoms with Crippen molar-refractivity contribution in [1.29, 1.82) is 0 Å². The fraction of sp³-hybridized carbons (Fsp3) is 0.667. The molecule has 3 rings (SSSR count). The number of hydrogen-bond donors (Lipinski definition) is 1. The lowest BCUT2D eigenvalue weighted by atomic mass is 10.0. The minimum atomic E-state index is -0.0138. The number of likely N-dealkylation sites (N-methyl/N-ethyl adjacent to an activating group) is 1. The van der Waals surface area contributed by atoms with E-state index in [1.165, 1.54) is 18.4 Å². The molecule has 150 valence electrons. The van der Waals surface area contributed by atoms with E-state index in [9.17, 15) is 4.79 Å². The molecular formula is C21H33N3O3. The number of piperidine rings is 1. The highest BCUT2D eigenvalue weighted by Gasteiger charge is 2.25. The lowest BCUT2D eigenvalue weighted by Gasteiger charge is -2.34. The van der Waals surface area contributed by atoms with Crippen LogP contribution in [0.1, 0.15) is 31.2 Å². The summed E-state index contributed by atoms with van der Waals surface area (Å²) in [5.74, 6) is 0.841. The Morgan fingerprint density at radius 3 is 2.67 bits per heavy atom. The van der Waals surface area contributed by atoms with Crippen LogP contribution in [0.4, 0.5) is 4.79 Å². The standard InChI is InChI=1S/C21H33N3O3/c1-17-5-7-19(8-6-17)27-15-13-23(2)21(25)22-18-9-11-24(12-10-18)16-20-4-3-14-26-20/h5-8,18,20H,3-4,9-16H2,1-2H3,(H,22,25). The number of likely N-dealkylation sites (tertiary alicyclic amines) is 1. The normalized spacial score (nSPS) is 21.2. The molecule has 0 radical (unpaired) electrons. The van der Waals surface area contributed by atoms with E-state index in [2.05, 4.69) is 17.1 Å². The Balaban J connectivity index is 1.30. The zero-order chi connectivity index (χ0) is 19.1. The van der Waals surface area contributed by atoms with Crippen LogP contribution >= 0.6 is 0 Å². The van der Waals surface area contributed by atoms with E-state index in [0.29, 0.717) is 19.3 Å². The summed E-state index contributed by atoms with van der Waals surface area (Å²) in [4.78, 5) is 16.6. The van der Waals surface area contributed by atoms with Crippen molar-refractivity contribution in [2.24, 2.45) is 0 Å². The Morgan fingerprint density at radius 1 is 1.26 bits per heavy atom. The summed E-state index contributed by atoms with van der Waals surface area (Å²) in [6, 6.07) is 8.21. The van der Waals surface area contributed by atoms with Gasteiger partial charge in [-0.15, -0.1) is 0 Å². The summed E-state index contributed by atoms with van der Waals surface area (Å²) >= 11 is 0. The maximum atomic E-state index is 12.4. The molecule has 27 heavy (non-hydrogen) atoms. The summed E-state index contributed by atoms with van der Waals surface area (Å²) in [5.41, 5.74) is 1.21. The molecule has 2 aliphatic rings. The first kappa shape index (κ1) is 20.0. The molecule has 0 aromatic heterocycles. The predicted molar refractivity (Wildman–Crippen MR) is 106 cm³/mol. The van der Waals surface area contributed by atoms with Gasteiger partial charge in [-0.2, -0.15) is 0 Å². The summed E-state index contributed by atoms with van der Waals surface area (Å²) in [7, 11) is 1.82. The van der Waals surface area contributed by atoms with Gasteiger partial charge in [0, 0.05) is 39.3 Å². The largest absolute Gasteiger partial charge is 0.492 e. The average molecular weight is 376 g/mol. The van der Waals surface area contributed by atoms with Crippen LogP contribution in [0, 0.1) is 6.92 Å². The fourth-order valence-corrected chi connectivity index (χ4v) is 3.66. The van der Waals surface area contributed by atoms with Crippen molar-refractivity contribution >= 4 is 6.03 Å². The van der Waals surface area contributed by atoms with Crippen molar-refractivity contribution in [2.45, 2.75) is 44.8 Å². The van der Waals surface area contributed by atoms with E-state index >= 15 is 0 Å². The number of aryl methyl sites for hydroxylation is 1. The van der Waals surface area contributed by atoms with Gasteiger partial charge in [0.2, 0.25) is 0 Å². The van der Waals surface area contributed by atoms with Crippen LogP contribution in [0.5, 0.6) is 5.75 Å². The molecule has 0 spiro atoms. The van der Waals surface area contributed by atoms with E-state index in [1.54, 1.807) is 4.90 Å². The Hall–Kier alpha value is -1.79. The van der Waals surface area contributed by atoms with Crippen molar-refractivity contribution in [3.8, 4) is 5.75 Å². The van der Waals surface area contributed by atoms with Gasteiger partial charge in [0.1, 0.15) is 12.4 Å². The molecule has 6 nitrogen and oxygen atoms in total. The molecule has 1 aromatic carbocycles. The summed E-state index contributed by atoms with van der Waals surface area (Å²) in [6.07, 6.45) is 4.80. The molecule has 2 aliphatic heterocycles. The van der Waals surface area contributed by atoms with Crippen molar-refractivity contribution in [3.05, 3.63) is 29.8 Å². The topological polar surface area (TPSA) is 54.0 Å². The zero-order valence-electron chi connectivity index (χ0n) is 16.7. The molecule has 2 amide bonds. The Labute approximate surface area is 162 Å². The number of benzene rings is 1. The second-order valence-corrected chi connectivity index (χ2v) is 7.74. The van der Waals surface area contributed by atoms with Gasteiger partial charge in [-0.25, -0.2) is 4.79 Å². The second-order valence-electron chi connectivity index (χ2n) is 7.74. The van der Waals surface area contributed by atoms with Gasteiger partial charge < -0.3 is 24.6 Å². The first-order chi connectivity index (χ1) is 13.1. The Morgan fingerprint density at radius 2 is 2.00 bits per heavy atom. The molecule has 2 fully saturated rings. The van der Waals surface area contributed by atoms with Crippen LogP contribution in [0.2, 0.25) is 0 Å². The number of amides is 2. The SMILES string of the molecule is Cc1ccc(OCCN(C)C(=O)NC2CCN(CC3CCCO3)CC2)cc1. The highest BCUT2D eigenvalue weighted by atomic mass is 16.5. The number of rotatable bonds is 7. The van der Waals surface area contributed by atoms with Crippen molar-refractivity contribution < 1.29 is 14.3 Å². The highest BCUT2D eigenvalue weighted by molar-refractivity contribution is 5.74.